The van der Waals surface area contributed by atoms with E-state index >= 15 is 0 Å². The first-order valence-electron chi connectivity index (χ1n) is 6.07. The van der Waals surface area contributed by atoms with Crippen molar-refractivity contribution in [3.05, 3.63) is 0 Å². The zero-order valence-corrected chi connectivity index (χ0v) is 9.51. The number of nitrogens with one attached hydrogen (secondary N) is 1. The minimum atomic E-state index is 0.305. The lowest BCUT2D eigenvalue weighted by molar-refractivity contribution is -0.124. The second-order valence-corrected chi connectivity index (χ2v) is 4.38. The lowest BCUT2D eigenvalue weighted by Gasteiger charge is -2.20. The maximum absolute atomic E-state index is 11.5. The molecule has 2 unspecified atom stereocenters. The van der Waals surface area contributed by atoms with Crippen molar-refractivity contribution < 1.29 is 4.79 Å². The molecule has 2 nitrogen and oxygen atoms in total. The van der Waals surface area contributed by atoms with E-state index in [-0.39, 0.29) is 0 Å². The molecule has 1 rings (SSSR count). The van der Waals surface area contributed by atoms with Gasteiger partial charge in [0, 0.05) is 12.5 Å². The molecule has 0 aromatic rings. The van der Waals surface area contributed by atoms with Gasteiger partial charge in [-0.2, -0.15) is 0 Å². The summed E-state index contributed by atoms with van der Waals surface area (Å²) in [6.07, 6.45) is 7.24. The second kappa shape index (κ2) is 6.05. The Balaban J connectivity index is 2.43. The third-order valence-corrected chi connectivity index (χ3v) is 3.25. The molecule has 0 radical (unpaired) electrons. The van der Waals surface area contributed by atoms with Crippen LogP contribution in [-0.2, 0) is 4.79 Å². The fourth-order valence-corrected chi connectivity index (χ4v) is 2.45. The molecule has 0 spiro atoms. The van der Waals surface area contributed by atoms with Gasteiger partial charge >= 0.3 is 0 Å². The van der Waals surface area contributed by atoms with Crippen LogP contribution in [-0.4, -0.2) is 12.5 Å². The summed E-state index contributed by atoms with van der Waals surface area (Å²) in [7, 11) is 0. The van der Waals surface area contributed by atoms with Crippen LogP contribution in [0.2, 0.25) is 0 Å². The standard InChI is InChI=1S/C12H23NO/c1-3-5-7-10(6-4-2)11-8-9-13-12(11)14/h10-11H,3-9H2,1-2H3,(H,13,14). The zero-order valence-electron chi connectivity index (χ0n) is 9.51. The second-order valence-electron chi connectivity index (χ2n) is 4.38. The molecule has 1 amide bonds. The third-order valence-electron chi connectivity index (χ3n) is 3.25. The molecule has 1 heterocycles. The van der Waals surface area contributed by atoms with Crippen LogP contribution in [0.25, 0.3) is 0 Å². The molecule has 0 aliphatic carbocycles. The van der Waals surface area contributed by atoms with Crippen molar-refractivity contribution in [2.24, 2.45) is 11.8 Å². The average Bonchev–Trinajstić information content (AvgIpc) is 2.59. The van der Waals surface area contributed by atoms with Crippen LogP contribution < -0.4 is 5.32 Å². The minimum absolute atomic E-state index is 0.305. The van der Waals surface area contributed by atoms with Crippen LogP contribution in [0.15, 0.2) is 0 Å². The van der Waals surface area contributed by atoms with Crippen molar-refractivity contribution >= 4 is 5.91 Å². The Morgan fingerprint density at radius 1 is 1.36 bits per heavy atom. The number of rotatable bonds is 6. The number of carbonyl (C=O) groups excluding carboxylic acids is 1. The fourth-order valence-electron chi connectivity index (χ4n) is 2.45. The quantitative estimate of drug-likeness (QED) is 0.697. The van der Waals surface area contributed by atoms with Crippen LogP contribution in [0.4, 0.5) is 0 Å². The van der Waals surface area contributed by atoms with Gasteiger partial charge in [0.2, 0.25) is 5.91 Å². The van der Waals surface area contributed by atoms with E-state index in [9.17, 15) is 4.79 Å². The highest BCUT2D eigenvalue weighted by Crippen LogP contribution is 2.28. The Labute approximate surface area is 87.5 Å². The topological polar surface area (TPSA) is 29.1 Å². The predicted octanol–water partition coefficient (Wildman–Crippen LogP) is 2.73. The Bertz CT molecular complexity index is 179. The van der Waals surface area contributed by atoms with Crippen molar-refractivity contribution in [3.63, 3.8) is 0 Å². The van der Waals surface area contributed by atoms with Crippen LogP contribution >= 0.6 is 0 Å². The van der Waals surface area contributed by atoms with Gasteiger partial charge in [-0.25, -0.2) is 0 Å². The molecule has 0 aromatic carbocycles. The number of unbranched alkanes of at least 4 members (excludes halogenated alkanes) is 1. The molecule has 1 aliphatic rings. The van der Waals surface area contributed by atoms with E-state index in [1.54, 1.807) is 0 Å². The lowest BCUT2D eigenvalue weighted by Crippen LogP contribution is -2.25. The molecule has 0 aromatic heterocycles. The van der Waals surface area contributed by atoms with Gasteiger partial charge in [-0.3, -0.25) is 4.79 Å². The summed E-state index contributed by atoms with van der Waals surface area (Å²) in [5, 5.41) is 2.95. The lowest BCUT2D eigenvalue weighted by atomic mass is 9.83. The zero-order chi connectivity index (χ0) is 10.4. The Morgan fingerprint density at radius 3 is 2.64 bits per heavy atom. The van der Waals surface area contributed by atoms with Gasteiger partial charge in [-0.05, 0) is 25.2 Å². The molecule has 14 heavy (non-hydrogen) atoms. The summed E-state index contributed by atoms with van der Waals surface area (Å²) in [6.45, 7) is 5.33. The molecule has 1 fully saturated rings. The minimum Gasteiger partial charge on any atom is -0.356 e. The summed E-state index contributed by atoms with van der Waals surface area (Å²) >= 11 is 0. The highest BCUT2D eigenvalue weighted by molar-refractivity contribution is 5.80. The Hall–Kier alpha value is -0.530. The molecule has 0 bridgehead atoms. The molecule has 2 heteroatoms. The van der Waals surface area contributed by atoms with Crippen LogP contribution in [0, 0.1) is 11.8 Å². The molecule has 1 aliphatic heterocycles. The highest BCUT2D eigenvalue weighted by atomic mass is 16.2. The normalized spacial score (nSPS) is 23.6. The molecule has 2 atom stereocenters. The molecule has 0 saturated carbocycles. The van der Waals surface area contributed by atoms with Crippen LogP contribution in [0.3, 0.4) is 0 Å². The van der Waals surface area contributed by atoms with Crippen molar-refractivity contribution in [3.8, 4) is 0 Å². The van der Waals surface area contributed by atoms with Gasteiger partial charge in [0.1, 0.15) is 0 Å². The van der Waals surface area contributed by atoms with Crippen molar-refractivity contribution in [1.29, 1.82) is 0 Å². The first-order chi connectivity index (χ1) is 6.79. The van der Waals surface area contributed by atoms with Crippen LogP contribution in [0.5, 0.6) is 0 Å². The summed E-state index contributed by atoms with van der Waals surface area (Å²) < 4.78 is 0. The first kappa shape index (κ1) is 11.5. The van der Waals surface area contributed by atoms with Gasteiger partial charge in [0.05, 0.1) is 0 Å². The average molecular weight is 197 g/mol. The molecule has 1 saturated heterocycles. The van der Waals surface area contributed by atoms with E-state index in [0.29, 0.717) is 17.7 Å². The van der Waals surface area contributed by atoms with E-state index < -0.39 is 0 Å². The van der Waals surface area contributed by atoms with E-state index in [0.717, 1.165) is 13.0 Å². The van der Waals surface area contributed by atoms with Gasteiger partial charge in [-0.15, -0.1) is 0 Å². The summed E-state index contributed by atoms with van der Waals surface area (Å²) in [5.41, 5.74) is 0. The molecular weight excluding hydrogens is 174 g/mol. The SMILES string of the molecule is CCCCC(CCC)C1CCNC1=O. The molecular formula is C12H23NO. The van der Waals surface area contributed by atoms with Crippen LogP contribution in [0.1, 0.15) is 52.4 Å². The van der Waals surface area contributed by atoms with Gasteiger partial charge in [0.15, 0.2) is 0 Å². The number of carbonyl (C=O) groups is 1. The van der Waals surface area contributed by atoms with E-state index in [2.05, 4.69) is 19.2 Å². The van der Waals surface area contributed by atoms with Gasteiger partial charge < -0.3 is 5.32 Å². The first-order valence-corrected chi connectivity index (χ1v) is 6.07. The fraction of sp³-hybridized carbons (Fsp3) is 0.917. The number of amides is 1. The number of hydrogen-bond donors (Lipinski definition) is 1. The summed E-state index contributed by atoms with van der Waals surface area (Å²) in [5.74, 6) is 1.27. The Morgan fingerprint density at radius 2 is 2.14 bits per heavy atom. The third kappa shape index (κ3) is 3.00. The Kier molecular flexibility index (Phi) is 4.99. The predicted molar refractivity (Wildman–Crippen MR) is 59.0 cm³/mol. The smallest absolute Gasteiger partial charge is 0.223 e. The van der Waals surface area contributed by atoms with Gasteiger partial charge in [0.25, 0.3) is 0 Å². The number of hydrogen-bond acceptors (Lipinski definition) is 1. The maximum atomic E-state index is 11.5. The van der Waals surface area contributed by atoms with E-state index in [1.807, 2.05) is 0 Å². The summed E-state index contributed by atoms with van der Waals surface area (Å²) in [6, 6.07) is 0. The van der Waals surface area contributed by atoms with Gasteiger partial charge in [-0.1, -0.05) is 33.1 Å². The largest absolute Gasteiger partial charge is 0.356 e. The summed E-state index contributed by atoms with van der Waals surface area (Å²) in [4.78, 5) is 11.5. The molecule has 82 valence electrons. The monoisotopic (exact) mass is 197 g/mol. The van der Waals surface area contributed by atoms with E-state index in [1.165, 1.54) is 32.1 Å². The van der Waals surface area contributed by atoms with Crippen molar-refractivity contribution in [2.75, 3.05) is 6.54 Å². The highest BCUT2D eigenvalue weighted by Gasteiger charge is 2.30. The van der Waals surface area contributed by atoms with E-state index in [4.69, 9.17) is 0 Å². The molecule has 1 N–H and O–H groups in total. The van der Waals surface area contributed by atoms with Crippen molar-refractivity contribution in [1.82, 2.24) is 5.32 Å². The van der Waals surface area contributed by atoms with Crippen molar-refractivity contribution in [2.45, 2.75) is 52.4 Å². The maximum Gasteiger partial charge on any atom is 0.223 e.